The number of piperazine rings is 1. The van der Waals surface area contributed by atoms with Crippen LogP contribution in [0, 0.1) is 5.82 Å². The van der Waals surface area contributed by atoms with E-state index in [-0.39, 0.29) is 16.4 Å². The van der Waals surface area contributed by atoms with Crippen LogP contribution in [0.3, 0.4) is 0 Å². The molecule has 5 nitrogen and oxygen atoms in total. The maximum Gasteiger partial charge on any atom is 0.285 e. The van der Waals surface area contributed by atoms with Gasteiger partial charge in [-0.15, -0.1) is 0 Å². The standard InChI is InChI=1S/C15H15Cl2FN4O/c16-12-7-11(18)2-1-10(12)9-21-3-5-22(6-4-21)13-8-19-20-15(23)14(13)17/h1-2,7-8H,3-6,9H2,(H,20,23). The van der Waals surface area contributed by atoms with E-state index in [2.05, 4.69) is 15.1 Å². The van der Waals surface area contributed by atoms with Crippen LogP contribution in [0.2, 0.25) is 10.0 Å². The molecule has 1 aromatic carbocycles. The molecule has 0 unspecified atom stereocenters. The molecule has 0 aliphatic carbocycles. The van der Waals surface area contributed by atoms with Gasteiger partial charge in [0, 0.05) is 37.7 Å². The molecule has 1 N–H and O–H groups in total. The zero-order valence-electron chi connectivity index (χ0n) is 12.2. The Hall–Kier alpha value is -1.63. The summed E-state index contributed by atoms with van der Waals surface area (Å²) in [4.78, 5) is 15.8. The van der Waals surface area contributed by atoms with Crippen molar-refractivity contribution in [3.05, 3.63) is 56.2 Å². The van der Waals surface area contributed by atoms with Crippen molar-refractivity contribution < 1.29 is 4.39 Å². The number of H-pyrrole nitrogens is 1. The van der Waals surface area contributed by atoms with E-state index in [4.69, 9.17) is 23.2 Å². The van der Waals surface area contributed by atoms with Crippen molar-refractivity contribution in [1.29, 1.82) is 0 Å². The summed E-state index contributed by atoms with van der Waals surface area (Å²) in [6.07, 6.45) is 1.57. The first-order chi connectivity index (χ1) is 11.0. The van der Waals surface area contributed by atoms with E-state index < -0.39 is 0 Å². The Labute approximate surface area is 142 Å². The van der Waals surface area contributed by atoms with Crippen LogP contribution < -0.4 is 10.5 Å². The Bertz CT molecular complexity index is 759. The molecule has 0 saturated carbocycles. The number of rotatable bonds is 3. The molecule has 1 fully saturated rings. The molecule has 122 valence electrons. The largest absolute Gasteiger partial charge is 0.366 e. The van der Waals surface area contributed by atoms with E-state index >= 15 is 0 Å². The van der Waals surface area contributed by atoms with Gasteiger partial charge in [0.05, 0.1) is 11.9 Å². The minimum absolute atomic E-state index is 0.162. The Morgan fingerprint density at radius 1 is 1.22 bits per heavy atom. The second kappa shape index (κ2) is 6.86. The van der Waals surface area contributed by atoms with Crippen LogP contribution in [-0.4, -0.2) is 41.3 Å². The molecule has 0 spiro atoms. The molecule has 0 radical (unpaired) electrons. The molecule has 23 heavy (non-hydrogen) atoms. The van der Waals surface area contributed by atoms with Crippen molar-refractivity contribution >= 4 is 28.9 Å². The molecule has 1 saturated heterocycles. The fourth-order valence-corrected chi connectivity index (χ4v) is 3.07. The third-order valence-corrected chi connectivity index (χ3v) is 4.62. The van der Waals surface area contributed by atoms with Crippen molar-refractivity contribution in [1.82, 2.24) is 15.1 Å². The van der Waals surface area contributed by atoms with Crippen molar-refractivity contribution in [3.63, 3.8) is 0 Å². The van der Waals surface area contributed by atoms with E-state index in [1.807, 2.05) is 4.90 Å². The summed E-state index contributed by atoms with van der Waals surface area (Å²) in [5.74, 6) is -0.333. The smallest absolute Gasteiger partial charge is 0.285 e. The van der Waals surface area contributed by atoms with Crippen LogP contribution in [0.15, 0.2) is 29.2 Å². The van der Waals surface area contributed by atoms with Crippen LogP contribution in [0.5, 0.6) is 0 Å². The van der Waals surface area contributed by atoms with Crippen molar-refractivity contribution in [2.24, 2.45) is 0 Å². The molecular formula is C15H15Cl2FN4O. The number of aromatic nitrogens is 2. The number of hydrogen-bond donors (Lipinski definition) is 1. The SMILES string of the molecule is O=c1[nH]ncc(N2CCN(Cc3ccc(F)cc3Cl)CC2)c1Cl. The fourth-order valence-electron chi connectivity index (χ4n) is 2.63. The predicted molar refractivity (Wildman–Crippen MR) is 88.8 cm³/mol. The highest BCUT2D eigenvalue weighted by Crippen LogP contribution is 2.23. The van der Waals surface area contributed by atoms with Crippen LogP contribution in [0.25, 0.3) is 0 Å². The molecule has 2 heterocycles. The Balaban J connectivity index is 1.64. The third kappa shape index (κ3) is 3.65. The normalized spacial score (nSPS) is 15.9. The molecule has 1 aliphatic heterocycles. The second-order valence-electron chi connectivity index (χ2n) is 5.40. The lowest BCUT2D eigenvalue weighted by Gasteiger charge is -2.36. The van der Waals surface area contributed by atoms with Crippen LogP contribution in [0.1, 0.15) is 5.56 Å². The minimum atomic E-state index is -0.385. The van der Waals surface area contributed by atoms with Gasteiger partial charge in [-0.3, -0.25) is 9.69 Å². The van der Waals surface area contributed by atoms with Crippen LogP contribution in [-0.2, 0) is 6.54 Å². The Morgan fingerprint density at radius 3 is 2.65 bits per heavy atom. The first kappa shape index (κ1) is 16.2. The first-order valence-electron chi connectivity index (χ1n) is 7.19. The highest BCUT2D eigenvalue weighted by molar-refractivity contribution is 6.33. The van der Waals surface area contributed by atoms with Crippen molar-refractivity contribution in [2.75, 3.05) is 31.1 Å². The number of benzene rings is 1. The number of halogens is 3. The molecule has 0 atom stereocenters. The molecule has 0 amide bonds. The lowest BCUT2D eigenvalue weighted by molar-refractivity contribution is 0.250. The third-order valence-electron chi connectivity index (χ3n) is 3.90. The minimum Gasteiger partial charge on any atom is -0.366 e. The number of nitrogens with one attached hydrogen (secondary N) is 1. The van der Waals surface area contributed by atoms with E-state index in [9.17, 15) is 9.18 Å². The van der Waals surface area contributed by atoms with Gasteiger partial charge >= 0.3 is 0 Å². The topological polar surface area (TPSA) is 52.2 Å². The number of hydrogen-bond acceptors (Lipinski definition) is 4. The molecular weight excluding hydrogens is 342 g/mol. The lowest BCUT2D eigenvalue weighted by atomic mass is 10.2. The van der Waals surface area contributed by atoms with Crippen molar-refractivity contribution in [3.8, 4) is 0 Å². The van der Waals surface area contributed by atoms with E-state index in [1.165, 1.54) is 12.1 Å². The molecule has 0 bridgehead atoms. The summed E-state index contributed by atoms with van der Waals surface area (Å²) in [6, 6.07) is 4.45. The predicted octanol–water partition coefficient (Wildman–Crippen LogP) is 2.54. The zero-order valence-corrected chi connectivity index (χ0v) is 13.7. The molecule has 2 aromatic rings. The van der Waals surface area contributed by atoms with Gasteiger partial charge in [-0.2, -0.15) is 5.10 Å². The molecule has 1 aromatic heterocycles. The van der Waals surface area contributed by atoms with Gasteiger partial charge in [0.15, 0.2) is 0 Å². The second-order valence-corrected chi connectivity index (χ2v) is 6.18. The van der Waals surface area contributed by atoms with Crippen LogP contribution >= 0.6 is 23.2 Å². The fraction of sp³-hybridized carbons (Fsp3) is 0.333. The molecule has 1 aliphatic rings. The lowest BCUT2D eigenvalue weighted by Crippen LogP contribution is -2.46. The summed E-state index contributed by atoms with van der Waals surface area (Å²) < 4.78 is 13.1. The van der Waals surface area contributed by atoms with Gasteiger partial charge in [-0.1, -0.05) is 29.3 Å². The van der Waals surface area contributed by atoms with E-state index in [1.54, 1.807) is 12.3 Å². The highest BCUT2D eigenvalue weighted by atomic mass is 35.5. The van der Waals surface area contributed by atoms with E-state index in [0.717, 1.165) is 31.7 Å². The average Bonchev–Trinajstić information content (AvgIpc) is 2.54. The van der Waals surface area contributed by atoms with Gasteiger partial charge in [0.25, 0.3) is 5.56 Å². The quantitative estimate of drug-likeness (QED) is 0.917. The van der Waals surface area contributed by atoms with Gasteiger partial charge in [0.2, 0.25) is 0 Å². The number of aromatic amines is 1. The number of anilines is 1. The van der Waals surface area contributed by atoms with Gasteiger partial charge in [-0.25, -0.2) is 9.49 Å². The summed E-state index contributed by atoms with van der Waals surface area (Å²) >= 11 is 12.1. The Kier molecular flexibility index (Phi) is 4.84. The highest BCUT2D eigenvalue weighted by Gasteiger charge is 2.21. The van der Waals surface area contributed by atoms with Crippen LogP contribution in [0.4, 0.5) is 10.1 Å². The van der Waals surface area contributed by atoms with Gasteiger partial charge < -0.3 is 4.90 Å². The monoisotopic (exact) mass is 356 g/mol. The summed E-state index contributed by atoms with van der Waals surface area (Å²) in [6.45, 7) is 3.69. The van der Waals surface area contributed by atoms with Gasteiger partial charge in [-0.05, 0) is 17.7 Å². The number of nitrogens with zero attached hydrogens (tertiary/aromatic N) is 3. The van der Waals surface area contributed by atoms with Crippen molar-refractivity contribution in [2.45, 2.75) is 6.54 Å². The maximum absolute atomic E-state index is 13.1. The first-order valence-corrected chi connectivity index (χ1v) is 7.94. The summed E-state index contributed by atoms with van der Waals surface area (Å²) in [7, 11) is 0. The molecule has 8 heteroatoms. The zero-order chi connectivity index (χ0) is 16.4. The molecule has 3 rings (SSSR count). The average molecular weight is 357 g/mol. The summed E-state index contributed by atoms with van der Waals surface area (Å²) in [5.41, 5.74) is 1.16. The summed E-state index contributed by atoms with van der Waals surface area (Å²) in [5, 5.41) is 6.71. The van der Waals surface area contributed by atoms with Gasteiger partial charge in [0.1, 0.15) is 10.8 Å². The van der Waals surface area contributed by atoms with E-state index in [0.29, 0.717) is 17.3 Å². The maximum atomic E-state index is 13.1. The Morgan fingerprint density at radius 2 is 1.96 bits per heavy atom.